The number of rotatable bonds is 8. The number of benzene rings is 2. The van der Waals surface area contributed by atoms with Gasteiger partial charge < -0.3 is 15.7 Å². The summed E-state index contributed by atoms with van der Waals surface area (Å²) in [7, 11) is 0. The standard InChI is InChI=1S/C26H28FN3O2/c1-17(26(31)32)20-9-5-6-18(12-20)10-11-28-25(19-7-3-2-4-8-19)21-13-23-24(29-15-21)14-22(27)16-30-23/h2-9,12,14,16-17,21,25,28-29H,10-11,13,15H2,1H3,(H,31,32)/t17-,21+,25+/m0/s1. The fourth-order valence-electron chi connectivity index (χ4n) is 4.33. The molecule has 0 saturated carbocycles. The molecule has 2 heterocycles. The van der Waals surface area contributed by atoms with E-state index in [4.69, 9.17) is 0 Å². The second-order valence-corrected chi connectivity index (χ2v) is 8.39. The van der Waals surface area contributed by atoms with Crippen LogP contribution in [0.15, 0.2) is 66.9 Å². The van der Waals surface area contributed by atoms with Crippen LogP contribution >= 0.6 is 0 Å². The number of aliphatic carboxylic acids is 1. The Balaban J connectivity index is 1.46. The van der Waals surface area contributed by atoms with Crippen LogP contribution in [0.2, 0.25) is 0 Å². The second kappa shape index (κ2) is 9.92. The van der Waals surface area contributed by atoms with Gasteiger partial charge in [0.05, 0.1) is 23.5 Å². The molecule has 5 nitrogen and oxygen atoms in total. The average Bonchev–Trinajstić information content (AvgIpc) is 2.82. The lowest BCUT2D eigenvalue weighted by molar-refractivity contribution is -0.138. The van der Waals surface area contributed by atoms with Crippen molar-refractivity contribution in [2.24, 2.45) is 5.92 Å². The molecule has 2 aromatic carbocycles. The summed E-state index contributed by atoms with van der Waals surface area (Å²) >= 11 is 0. The number of aromatic nitrogens is 1. The van der Waals surface area contributed by atoms with E-state index in [9.17, 15) is 14.3 Å². The van der Waals surface area contributed by atoms with Gasteiger partial charge in [0.25, 0.3) is 0 Å². The Morgan fingerprint density at radius 3 is 2.75 bits per heavy atom. The molecule has 0 amide bonds. The minimum atomic E-state index is -0.817. The van der Waals surface area contributed by atoms with Crippen molar-refractivity contribution in [2.45, 2.75) is 31.7 Å². The molecule has 0 saturated heterocycles. The molecule has 0 radical (unpaired) electrons. The Labute approximate surface area is 187 Å². The molecule has 4 rings (SSSR count). The molecule has 0 unspecified atom stereocenters. The van der Waals surface area contributed by atoms with Crippen molar-refractivity contribution in [3.05, 3.63) is 95.1 Å². The molecule has 0 spiro atoms. The highest BCUT2D eigenvalue weighted by Crippen LogP contribution is 2.31. The van der Waals surface area contributed by atoms with Gasteiger partial charge in [-0.2, -0.15) is 0 Å². The van der Waals surface area contributed by atoms with Crippen LogP contribution in [0, 0.1) is 11.7 Å². The molecule has 1 aliphatic heterocycles. The monoisotopic (exact) mass is 433 g/mol. The van der Waals surface area contributed by atoms with Crippen molar-refractivity contribution < 1.29 is 14.3 Å². The maximum atomic E-state index is 13.5. The first kappa shape index (κ1) is 22.0. The van der Waals surface area contributed by atoms with E-state index in [2.05, 4.69) is 27.8 Å². The molecule has 3 N–H and O–H groups in total. The van der Waals surface area contributed by atoms with E-state index in [1.807, 2.05) is 42.5 Å². The Kier molecular flexibility index (Phi) is 6.81. The smallest absolute Gasteiger partial charge is 0.310 e. The van der Waals surface area contributed by atoms with Gasteiger partial charge in [0.15, 0.2) is 0 Å². The van der Waals surface area contributed by atoms with Crippen LogP contribution < -0.4 is 10.6 Å². The van der Waals surface area contributed by atoms with Crippen molar-refractivity contribution in [3.8, 4) is 0 Å². The van der Waals surface area contributed by atoms with Crippen LogP contribution in [0.3, 0.4) is 0 Å². The number of carboxylic acid groups (broad SMARTS) is 1. The normalized spacial score (nSPS) is 17.1. The number of carbonyl (C=O) groups is 1. The lowest BCUT2D eigenvalue weighted by Crippen LogP contribution is -2.37. The number of pyridine rings is 1. The van der Waals surface area contributed by atoms with Gasteiger partial charge >= 0.3 is 5.97 Å². The zero-order chi connectivity index (χ0) is 22.5. The summed E-state index contributed by atoms with van der Waals surface area (Å²) in [5.74, 6) is -1.40. The molecule has 3 aromatic rings. The Morgan fingerprint density at radius 1 is 1.19 bits per heavy atom. The van der Waals surface area contributed by atoms with E-state index in [0.717, 1.165) is 48.4 Å². The van der Waals surface area contributed by atoms with Crippen molar-refractivity contribution in [1.82, 2.24) is 10.3 Å². The zero-order valence-corrected chi connectivity index (χ0v) is 18.1. The molecule has 3 atom stereocenters. The van der Waals surface area contributed by atoms with Crippen molar-refractivity contribution in [2.75, 3.05) is 18.4 Å². The molecular formula is C26H28FN3O2. The highest BCUT2D eigenvalue weighted by Gasteiger charge is 2.28. The van der Waals surface area contributed by atoms with Gasteiger partial charge in [-0.1, -0.05) is 54.6 Å². The third-order valence-corrected chi connectivity index (χ3v) is 6.18. The number of anilines is 1. The predicted molar refractivity (Wildman–Crippen MR) is 123 cm³/mol. The maximum absolute atomic E-state index is 13.5. The van der Waals surface area contributed by atoms with Gasteiger partial charge in [-0.05, 0) is 43.0 Å². The van der Waals surface area contributed by atoms with Gasteiger partial charge in [-0.25, -0.2) is 4.39 Å². The number of hydrogen-bond donors (Lipinski definition) is 3. The van der Waals surface area contributed by atoms with Crippen LogP contribution in [0.25, 0.3) is 0 Å². The second-order valence-electron chi connectivity index (χ2n) is 8.39. The van der Waals surface area contributed by atoms with Gasteiger partial charge in [0, 0.05) is 24.6 Å². The Morgan fingerprint density at radius 2 is 1.97 bits per heavy atom. The van der Waals surface area contributed by atoms with Crippen LogP contribution in [0.4, 0.5) is 10.1 Å². The number of nitrogens with zero attached hydrogens (tertiary/aromatic N) is 1. The Bertz CT molecular complexity index is 1070. The molecule has 1 aliphatic rings. The number of carboxylic acids is 1. The van der Waals surface area contributed by atoms with Crippen molar-refractivity contribution in [3.63, 3.8) is 0 Å². The fraction of sp³-hybridized carbons (Fsp3) is 0.308. The predicted octanol–water partition coefficient (Wildman–Crippen LogP) is 4.57. The maximum Gasteiger partial charge on any atom is 0.310 e. The van der Waals surface area contributed by atoms with Crippen LogP contribution in [0.1, 0.15) is 41.3 Å². The van der Waals surface area contributed by atoms with Crippen molar-refractivity contribution >= 4 is 11.7 Å². The third-order valence-electron chi connectivity index (χ3n) is 6.18. The van der Waals surface area contributed by atoms with E-state index in [0.29, 0.717) is 0 Å². The van der Waals surface area contributed by atoms with Crippen LogP contribution in [-0.4, -0.2) is 29.1 Å². The topological polar surface area (TPSA) is 74.2 Å². The number of hydrogen-bond acceptors (Lipinski definition) is 4. The minimum Gasteiger partial charge on any atom is -0.481 e. The molecule has 32 heavy (non-hydrogen) atoms. The van der Waals surface area contributed by atoms with Crippen LogP contribution in [0.5, 0.6) is 0 Å². The lowest BCUT2D eigenvalue weighted by Gasteiger charge is -2.33. The number of halogens is 1. The minimum absolute atomic E-state index is 0.116. The van der Waals surface area contributed by atoms with Crippen LogP contribution in [-0.2, 0) is 17.6 Å². The summed E-state index contributed by atoms with van der Waals surface area (Å²) in [6.45, 7) is 3.19. The molecule has 0 aliphatic carbocycles. The van der Waals surface area contributed by atoms with E-state index in [-0.39, 0.29) is 17.8 Å². The van der Waals surface area contributed by atoms with E-state index >= 15 is 0 Å². The summed E-state index contributed by atoms with van der Waals surface area (Å²) in [6, 6.07) is 19.8. The SMILES string of the molecule is C[C@H](C(=O)O)c1cccc(CCN[C@H](c2ccccc2)[C@H]2CNc3cc(F)cnc3C2)c1. The molecular weight excluding hydrogens is 405 g/mol. The van der Waals surface area contributed by atoms with Crippen molar-refractivity contribution in [1.29, 1.82) is 0 Å². The van der Waals surface area contributed by atoms with Gasteiger partial charge in [0.1, 0.15) is 5.82 Å². The highest BCUT2D eigenvalue weighted by atomic mass is 19.1. The molecule has 6 heteroatoms. The molecule has 0 fully saturated rings. The fourth-order valence-corrected chi connectivity index (χ4v) is 4.33. The number of nitrogens with one attached hydrogen (secondary N) is 2. The molecule has 0 bridgehead atoms. The lowest BCUT2D eigenvalue weighted by atomic mass is 9.86. The van der Waals surface area contributed by atoms with E-state index in [1.54, 1.807) is 6.92 Å². The third kappa shape index (κ3) is 5.14. The summed E-state index contributed by atoms with van der Waals surface area (Å²) < 4.78 is 13.5. The highest BCUT2D eigenvalue weighted by molar-refractivity contribution is 5.75. The van der Waals surface area contributed by atoms with Gasteiger partial charge in [0.2, 0.25) is 0 Å². The average molecular weight is 434 g/mol. The summed E-state index contributed by atoms with van der Waals surface area (Å²) in [6.07, 6.45) is 2.84. The zero-order valence-electron chi connectivity index (χ0n) is 18.1. The number of fused-ring (bicyclic) bond motifs is 1. The van der Waals surface area contributed by atoms with E-state index < -0.39 is 11.9 Å². The summed E-state index contributed by atoms with van der Waals surface area (Å²) in [5, 5.41) is 16.3. The first-order valence-electron chi connectivity index (χ1n) is 11.0. The van der Waals surface area contributed by atoms with Gasteiger partial charge in [-0.15, -0.1) is 0 Å². The summed E-state index contributed by atoms with van der Waals surface area (Å²) in [5.41, 5.74) is 4.80. The first-order valence-corrected chi connectivity index (χ1v) is 11.0. The molecule has 166 valence electrons. The largest absolute Gasteiger partial charge is 0.481 e. The quantitative estimate of drug-likeness (QED) is 0.485. The summed E-state index contributed by atoms with van der Waals surface area (Å²) in [4.78, 5) is 15.6. The van der Waals surface area contributed by atoms with E-state index in [1.165, 1.54) is 17.8 Å². The molecule has 1 aromatic heterocycles. The Hall–Kier alpha value is -3.25. The first-order chi connectivity index (χ1) is 15.5. The van der Waals surface area contributed by atoms with Gasteiger partial charge in [-0.3, -0.25) is 9.78 Å².